The van der Waals surface area contributed by atoms with Gasteiger partial charge in [-0.3, -0.25) is 14.9 Å². The van der Waals surface area contributed by atoms with Crippen molar-refractivity contribution in [2.24, 2.45) is 0 Å². The van der Waals surface area contributed by atoms with Crippen molar-refractivity contribution in [3.63, 3.8) is 0 Å². The molecule has 2 amide bonds. The van der Waals surface area contributed by atoms with E-state index in [1.807, 2.05) is 13.8 Å². The van der Waals surface area contributed by atoms with Gasteiger partial charge >= 0.3 is 0 Å². The van der Waals surface area contributed by atoms with Crippen molar-refractivity contribution in [2.45, 2.75) is 20.0 Å². The zero-order valence-electron chi connectivity index (χ0n) is 17.0. The number of anilines is 1. The van der Waals surface area contributed by atoms with E-state index in [1.165, 1.54) is 0 Å². The highest BCUT2D eigenvalue weighted by molar-refractivity contribution is 7.80. The molecule has 2 aromatic carbocycles. The fraction of sp³-hybridized carbons (Fsp3) is 0.318. The molecule has 0 aliphatic carbocycles. The molecule has 1 aliphatic heterocycles. The summed E-state index contributed by atoms with van der Waals surface area (Å²) in [5, 5.41) is 5.73. The third-order valence-electron chi connectivity index (χ3n) is 4.42. The second kappa shape index (κ2) is 10.2. The standard InChI is InChI=1S/C22H25N3O4S/c1-15(2)29-17-9-7-16(8-10-17)20(26)24-22(30)23-19-6-4-3-5-18(19)21(27)25-11-13-28-14-12-25/h3-10,15H,11-14H2,1-2H3,(H2,23,24,26,30). The number of benzene rings is 2. The van der Waals surface area contributed by atoms with Gasteiger partial charge in [-0.05, 0) is 62.5 Å². The van der Waals surface area contributed by atoms with Crippen molar-refractivity contribution in [3.05, 3.63) is 59.7 Å². The third kappa shape index (κ3) is 5.77. The van der Waals surface area contributed by atoms with Gasteiger partial charge in [0.1, 0.15) is 5.75 Å². The second-order valence-corrected chi connectivity index (χ2v) is 7.46. The van der Waals surface area contributed by atoms with Crippen molar-refractivity contribution in [2.75, 3.05) is 31.6 Å². The molecule has 2 N–H and O–H groups in total. The summed E-state index contributed by atoms with van der Waals surface area (Å²) < 4.78 is 10.9. The molecule has 0 unspecified atom stereocenters. The molecule has 0 atom stereocenters. The maximum Gasteiger partial charge on any atom is 0.257 e. The fourth-order valence-corrected chi connectivity index (χ4v) is 3.20. The number of thiocarbonyl (C=S) groups is 1. The summed E-state index contributed by atoms with van der Waals surface area (Å²) in [6.07, 6.45) is 0.0571. The van der Waals surface area contributed by atoms with Crippen molar-refractivity contribution < 1.29 is 19.1 Å². The number of para-hydroxylation sites is 1. The van der Waals surface area contributed by atoms with E-state index in [1.54, 1.807) is 53.4 Å². The number of morpholine rings is 1. The molecule has 0 spiro atoms. The molecule has 2 aromatic rings. The lowest BCUT2D eigenvalue weighted by atomic mass is 10.1. The number of hydrogen-bond donors (Lipinski definition) is 2. The van der Waals surface area contributed by atoms with Crippen LogP contribution < -0.4 is 15.4 Å². The van der Waals surface area contributed by atoms with Gasteiger partial charge in [-0.25, -0.2) is 0 Å². The van der Waals surface area contributed by atoms with Crippen LogP contribution in [0.4, 0.5) is 5.69 Å². The highest BCUT2D eigenvalue weighted by Crippen LogP contribution is 2.18. The van der Waals surface area contributed by atoms with Gasteiger partial charge in [-0.2, -0.15) is 0 Å². The summed E-state index contributed by atoms with van der Waals surface area (Å²) in [7, 11) is 0. The average Bonchev–Trinajstić information content (AvgIpc) is 2.74. The lowest BCUT2D eigenvalue weighted by Gasteiger charge is -2.27. The Kier molecular flexibility index (Phi) is 7.37. The number of carbonyl (C=O) groups is 2. The topological polar surface area (TPSA) is 79.9 Å². The highest BCUT2D eigenvalue weighted by Gasteiger charge is 2.21. The average molecular weight is 428 g/mol. The summed E-state index contributed by atoms with van der Waals surface area (Å²) in [6, 6.07) is 13.9. The van der Waals surface area contributed by atoms with E-state index in [0.717, 1.165) is 0 Å². The number of carbonyl (C=O) groups excluding carboxylic acids is 2. The first-order chi connectivity index (χ1) is 14.4. The number of rotatable bonds is 5. The van der Waals surface area contributed by atoms with Crippen LogP contribution in [-0.4, -0.2) is 54.2 Å². The van der Waals surface area contributed by atoms with Crippen LogP contribution in [0.15, 0.2) is 48.5 Å². The maximum atomic E-state index is 12.8. The number of hydrogen-bond acceptors (Lipinski definition) is 5. The largest absolute Gasteiger partial charge is 0.491 e. The molecule has 8 heteroatoms. The molecule has 1 fully saturated rings. The zero-order chi connectivity index (χ0) is 21.5. The summed E-state index contributed by atoms with van der Waals surface area (Å²) in [5.41, 5.74) is 1.49. The molecule has 1 heterocycles. The van der Waals surface area contributed by atoms with Crippen LogP contribution in [0, 0.1) is 0 Å². The maximum absolute atomic E-state index is 12.8. The van der Waals surface area contributed by atoms with Gasteiger partial charge in [0.15, 0.2) is 5.11 Å². The number of nitrogens with one attached hydrogen (secondary N) is 2. The first-order valence-electron chi connectivity index (χ1n) is 9.79. The molecule has 0 saturated carbocycles. The smallest absolute Gasteiger partial charge is 0.257 e. The van der Waals surface area contributed by atoms with E-state index in [-0.39, 0.29) is 23.0 Å². The van der Waals surface area contributed by atoms with Gasteiger partial charge in [-0.15, -0.1) is 0 Å². The molecule has 0 radical (unpaired) electrons. The van der Waals surface area contributed by atoms with Crippen LogP contribution in [0.3, 0.4) is 0 Å². The van der Waals surface area contributed by atoms with Gasteiger partial charge in [0, 0.05) is 18.7 Å². The molecular weight excluding hydrogens is 402 g/mol. The van der Waals surface area contributed by atoms with Crippen molar-refractivity contribution >= 4 is 34.8 Å². The minimum Gasteiger partial charge on any atom is -0.491 e. The van der Waals surface area contributed by atoms with E-state index >= 15 is 0 Å². The molecule has 158 valence electrons. The number of amides is 2. The Morgan fingerprint density at radius 3 is 2.40 bits per heavy atom. The van der Waals surface area contributed by atoms with Crippen LogP contribution in [0.5, 0.6) is 5.75 Å². The van der Waals surface area contributed by atoms with E-state index in [9.17, 15) is 9.59 Å². The van der Waals surface area contributed by atoms with Crippen LogP contribution in [0.1, 0.15) is 34.6 Å². The monoisotopic (exact) mass is 427 g/mol. The van der Waals surface area contributed by atoms with Gasteiger partial charge < -0.3 is 19.7 Å². The molecule has 1 aliphatic rings. The Balaban J connectivity index is 1.63. The fourth-order valence-electron chi connectivity index (χ4n) is 3.00. The molecule has 3 rings (SSSR count). The predicted molar refractivity (Wildman–Crippen MR) is 119 cm³/mol. The molecule has 30 heavy (non-hydrogen) atoms. The minimum absolute atomic E-state index is 0.0571. The summed E-state index contributed by atoms with van der Waals surface area (Å²) in [5.74, 6) is 0.245. The first kappa shape index (κ1) is 21.7. The lowest BCUT2D eigenvalue weighted by molar-refractivity contribution is 0.0303. The van der Waals surface area contributed by atoms with Gasteiger partial charge in [0.25, 0.3) is 11.8 Å². The molecule has 0 aromatic heterocycles. The van der Waals surface area contributed by atoms with E-state index in [2.05, 4.69) is 10.6 Å². The van der Waals surface area contributed by atoms with Gasteiger partial charge in [-0.1, -0.05) is 12.1 Å². The van der Waals surface area contributed by atoms with Crippen LogP contribution in [0.2, 0.25) is 0 Å². The summed E-state index contributed by atoms with van der Waals surface area (Å²) in [6.45, 7) is 6.02. The van der Waals surface area contributed by atoms with E-state index < -0.39 is 0 Å². The van der Waals surface area contributed by atoms with E-state index in [4.69, 9.17) is 21.7 Å². The van der Waals surface area contributed by atoms with Crippen LogP contribution in [0.25, 0.3) is 0 Å². The summed E-state index contributed by atoms with van der Waals surface area (Å²) >= 11 is 5.29. The molecule has 0 bridgehead atoms. The van der Waals surface area contributed by atoms with Crippen molar-refractivity contribution in [1.82, 2.24) is 10.2 Å². The molecule has 1 saturated heterocycles. The van der Waals surface area contributed by atoms with Gasteiger partial charge in [0.2, 0.25) is 0 Å². The second-order valence-electron chi connectivity index (χ2n) is 7.05. The Bertz CT molecular complexity index is 909. The van der Waals surface area contributed by atoms with Crippen LogP contribution in [-0.2, 0) is 4.74 Å². The number of nitrogens with zero attached hydrogens (tertiary/aromatic N) is 1. The van der Waals surface area contributed by atoms with E-state index in [0.29, 0.717) is 48.9 Å². The third-order valence-corrected chi connectivity index (χ3v) is 4.62. The molecule has 7 nitrogen and oxygen atoms in total. The lowest BCUT2D eigenvalue weighted by Crippen LogP contribution is -2.41. The Morgan fingerprint density at radius 2 is 1.73 bits per heavy atom. The van der Waals surface area contributed by atoms with Crippen molar-refractivity contribution in [1.29, 1.82) is 0 Å². The number of ether oxygens (including phenoxy) is 2. The van der Waals surface area contributed by atoms with Gasteiger partial charge in [0.05, 0.1) is 30.6 Å². The predicted octanol–water partition coefficient (Wildman–Crippen LogP) is 3.07. The Hall–Kier alpha value is -2.97. The van der Waals surface area contributed by atoms with Crippen LogP contribution >= 0.6 is 12.2 Å². The zero-order valence-corrected chi connectivity index (χ0v) is 17.8. The Labute approximate surface area is 181 Å². The summed E-state index contributed by atoms with van der Waals surface area (Å²) in [4.78, 5) is 27.1. The Morgan fingerprint density at radius 1 is 1.07 bits per heavy atom. The van der Waals surface area contributed by atoms with Crippen molar-refractivity contribution in [3.8, 4) is 5.75 Å². The minimum atomic E-state index is -0.347. The normalized spacial score (nSPS) is 13.6. The molecular formula is C22H25N3O4S. The first-order valence-corrected chi connectivity index (χ1v) is 10.2. The SMILES string of the molecule is CC(C)Oc1ccc(C(=O)NC(=S)Nc2ccccc2C(=O)N2CCOCC2)cc1. The quantitative estimate of drug-likeness (QED) is 0.714. The highest BCUT2D eigenvalue weighted by atomic mass is 32.1.